The van der Waals surface area contributed by atoms with Crippen LogP contribution in [-0.2, 0) is 11.3 Å². The van der Waals surface area contributed by atoms with E-state index in [2.05, 4.69) is 32.8 Å². The maximum absolute atomic E-state index is 13.2. The summed E-state index contributed by atoms with van der Waals surface area (Å²) in [4.78, 5) is 30.8. The number of hydrogen-bond donors (Lipinski definition) is 1. The molecule has 6 nitrogen and oxygen atoms in total. The van der Waals surface area contributed by atoms with Crippen molar-refractivity contribution in [3.05, 3.63) is 75.5 Å². The molecule has 0 aliphatic heterocycles. The number of nitrogens with zero attached hydrogens (tertiary/aromatic N) is 2. The van der Waals surface area contributed by atoms with Crippen LogP contribution >= 0.6 is 39.0 Å². The first-order valence-electron chi connectivity index (χ1n) is 8.92. The van der Waals surface area contributed by atoms with Gasteiger partial charge in [0.15, 0.2) is 5.16 Å². The van der Waals surface area contributed by atoms with Crippen molar-refractivity contribution in [2.45, 2.75) is 11.7 Å². The van der Waals surface area contributed by atoms with E-state index in [-0.39, 0.29) is 17.2 Å². The van der Waals surface area contributed by atoms with Crippen LogP contribution < -0.4 is 10.9 Å². The molecule has 0 aliphatic rings. The minimum absolute atomic E-state index is 0.127. The van der Waals surface area contributed by atoms with Crippen molar-refractivity contribution in [3.8, 4) is 11.3 Å². The molecule has 0 aliphatic carbocycles. The van der Waals surface area contributed by atoms with Gasteiger partial charge in [-0.2, -0.15) is 0 Å². The normalized spacial score (nSPS) is 11.0. The van der Waals surface area contributed by atoms with Crippen molar-refractivity contribution in [1.29, 1.82) is 0 Å². The topological polar surface area (TPSA) is 77.1 Å². The summed E-state index contributed by atoms with van der Waals surface area (Å²) in [5.74, 6) is 0.575. The van der Waals surface area contributed by atoms with Gasteiger partial charge in [-0.25, -0.2) is 4.98 Å². The third kappa shape index (κ3) is 4.28. The van der Waals surface area contributed by atoms with Gasteiger partial charge in [0.25, 0.3) is 5.56 Å². The number of allylic oxidation sites excluding steroid dienone is 1. The van der Waals surface area contributed by atoms with Gasteiger partial charge >= 0.3 is 0 Å². The molecule has 0 saturated heterocycles. The highest BCUT2D eigenvalue weighted by Crippen LogP contribution is 2.32. The minimum Gasteiger partial charge on any atom is -0.464 e. The van der Waals surface area contributed by atoms with E-state index in [1.165, 1.54) is 27.7 Å². The molecule has 0 spiro atoms. The molecule has 30 heavy (non-hydrogen) atoms. The summed E-state index contributed by atoms with van der Waals surface area (Å²) < 4.78 is 7.93. The number of thioether (sulfide) groups is 1. The highest BCUT2D eigenvalue weighted by Gasteiger charge is 2.18. The predicted molar refractivity (Wildman–Crippen MR) is 125 cm³/mol. The molecule has 0 radical (unpaired) electrons. The Labute approximate surface area is 188 Å². The Morgan fingerprint density at radius 1 is 1.33 bits per heavy atom. The lowest BCUT2D eigenvalue weighted by molar-refractivity contribution is -0.113. The number of amides is 1. The van der Waals surface area contributed by atoms with Crippen LogP contribution in [0.3, 0.4) is 0 Å². The molecule has 4 aromatic rings. The Morgan fingerprint density at radius 2 is 2.13 bits per heavy atom. The maximum Gasteiger partial charge on any atom is 0.263 e. The third-order valence-electron chi connectivity index (χ3n) is 4.22. The van der Waals surface area contributed by atoms with Crippen molar-refractivity contribution in [2.24, 2.45) is 0 Å². The zero-order valence-corrected chi connectivity index (χ0v) is 18.9. The van der Waals surface area contributed by atoms with E-state index in [9.17, 15) is 9.59 Å². The van der Waals surface area contributed by atoms with E-state index in [0.29, 0.717) is 33.4 Å². The Hall–Kier alpha value is -2.62. The summed E-state index contributed by atoms with van der Waals surface area (Å²) in [5.41, 5.74) is 1.25. The number of thiophene rings is 1. The molecular weight excluding hydrogens is 486 g/mol. The van der Waals surface area contributed by atoms with Gasteiger partial charge in [0.1, 0.15) is 10.6 Å². The van der Waals surface area contributed by atoms with Gasteiger partial charge in [0.05, 0.1) is 17.4 Å². The summed E-state index contributed by atoms with van der Waals surface area (Å²) in [6.45, 7) is 4.04. The van der Waals surface area contributed by atoms with Crippen molar-refractivity contribution in [2.75, 3.05) is 11.1 Å². The van der Waals surface area contributed by atoms with Crippen LogP contribution in [0.25, 0.3) is 21.5 Å². The fraction of sp³-hybridized carbons (Fsp3) is 0.0952. The number of furan rings is 1. The van der Waals surface area contributed by atoms with Gasteiger partial charge in [0.2, 0.25) is 5.91 Å². The first kappa shape index (κ1) is 20.6. The molecule has 0 bridgehead atoms. The van der Waals surface area contributed by atoms with E-state index >= 15 is 0 Å². The number of aromatic nitrogens is 2. The van der Waals surface area contributed by atoms with E-state index in [0.717, 1.165) is 10.0 Å². The molecular formula is C21H16BrN3O3S2. The first-order valence-corrected chi connectivity index (χ1v) is 11.6. The predicted octanol–water partition coefficient (Wildman–Crippen LogP) is 5.40. The molecule has 0 atom stereocenters. The molecule has 9 heteroatoms. The van der Waals surface area contributed by atoms with Crippen LogP contribution in [0.4, 0.5) is 5.69 Å². The lowest BCUT2D eigenvalue weighted by atomic mass is 10.2. The lowest BCUT2D eigenvalue weighted by Gasteiger charge is -2.10. The van der Waals surface area contributed by atoms with E-state index < -0.39 is 0 Å². The second kappa shape index (κ2) is 9.03. The molecule has 4 rings (SSSR count). The Kier molecular flexibility index (Phi) is 6.21. The summed E-state index contributed by atoms with van der Waals surface area (Å²) in [7, 11) is 0. The summed E-state index contributed by atoms with van der Waals surface area (Å²) >= 11 is 5.96. The van der Waals surface area contributed by atoms with Crippen molar-refractivity contribution in [1.82, 2.24) is 9.55 Å². The fourth-order valence-electron chi connectivity index (χ4n) is 2.88. The Bertz CT molecular complexity index is 1260. The quantitative estimate of drug-likeness (QED) is 0.208. The fourth-order valence-corrected chi connectivity index (χ4v) is 4.92. The van der Waals surface area contributed by atoms with Gasteiger partial charge in [-0.1, -0.05) is 33.8 Å². The molecule has 3 heterocycles. The number of hydrogen-bond acceptors (Lipinski definition) is 6. The summed E-state index contributed by atoms with van der Waals surface area (Å²) in [6, 6.07) is 10.9. The molecule has 0 unspecified atom stereocenters. The number of anilines is 1. The zero-order valence-electron chi connectivity index (χ0n) is 15.6. The number of carbonyl (C=O) groups excluding carboxylic acids is 1. The highest BCUT2D eigenvalue weighted by molar-refractivity contribution is 9.10. The zero-order chi connectivity index (χ0) is 21.1. The van der Waals surface area contributed by atoms with Crippen LogP contribution in [0.2, 0.25) is 0 Å². The highest BCUT2D eigenvalue weighted by atomic mass is 79.9. The molecule has 1 aromatic carbocycles. The smallest absolute Gasteiger partial charge is 0.263 e. The third-order valence-corrected chi connectivity index (χ3v) is 6.59. The lowest BCUT2D eigenvalue weighted by Crippen LogP contribution is -2.23. The second-order valence-corrected chi connectivity index (χ2v) is 8.97. The monoisotopic (exact) mass is 501 g/mol. The number of carbonyl (C=O) groups is 1. The average molecular weight is 502 g/mol. The number of benzene rings is 1. The van der Waals surface area contributed by atoms with Crippen LogP contribution in [-0.4, -0.2) is 21.2 Å². The van der Waals surface area contributed by atoms with Crippen LogP contribution in [0.15, 0.2) is 79.5 Å². The van der Waals surface area contributed by atoms with Gasteiger partial charge < -0.3 is 9.73 Å². The van der Waals surface area contributed by atoms with E-state index in [4.69, 9.17) is 4.42 Å². The molecule has 152 valence electrons. The average Bonchev–Trinajstić information content (AvgIpc) is 3.40. The minimum atomic E-state index is -0.177. The second-order valence-electron chi connectivity index (χ2n) is 6.25. The van der Waals surface area contributed by atoms with Crippen LogP contribution in [0.1, 0.15) is 0 Å². The summed E-state index contributed by atoms with van der Waals surface area (Å²) in [6.07, 6.45) is 3.21. The number of nitrogens with one attached hydrogen (secondary N) is 1. The van der Waals surface area contributed by atoms with Crippen molar-refractivity contribution >= 4 is 60.8 Å². The van der Waals surface area contributed by atoms with Crippen LogP contribution in [0.5, 0.6) is 0 Å². The molecule has 0 fully saturated rings. The van der Waals surface area contributed by atoms with Gasteiger partial charge in [-0.15, -0.1) is 17.9 Å². The standard InChI is InChI=1S/C21H16BrN3O3S2/c1-2-9-25-20(27)18-15(16-4-3-10-28-16)11-29-19(18)24-21(25)30-12-17(26)23-14-7-5-13(22)6-8-14/h2-8,10-11H,1,9,12H2,(H,23,26). The van der Waals surface area contributed by atoms with E-state index in [1.807, 2.05) is 35.7 Å². The molecule has 0 saturated carbocycles. The van der Waals surface area contributed by atoms with Gasteiger partial charge in [-0.05, 0) is 36.4 Å². The SMILES string of the molecule is C=CCn1c(SCC(=O)Nc2ccc(Br)cc2)nc2scc(-c3ccco3)c2c1=O. The molecule has 3 aromatic heterocycles. The Balaban J connectivity index is 1.61. The van der Waals surface area contributed by atoms with Gasteiger partial charge in [-0.3, -0.25) is 14.2 Å². The first-order chi connectivity index (χ1) is 14.6. The largest absolute Gasteiger partial charge is 0.464 e. The van der Waals surface area contributed by atoms with Crippen LogP contribution in [0, 0.1) is 0 Å². The van der Waals surface area contributed by atoms with Gasteiger partial charge in [0, 0.05) is 27.6 Å². The molecule has 1 amide bonds. The van der Waals surface area contributed by atoms with Crippen molar-refractivity contribution in [3.63, 3.8) is 0 Å². The summed E-state index contributed by atoms with van der Waals surface area (Å²) in [5, 5.41) is 5.70. The molecule has 1 N–H and O–H groups in total. The Morgan fingerprint density at radius 3 is 2.83 bits per heavy atom. The van der Waals surface area contributed by atoms with E-state index in [1.54, 1.807) is 18.4 Å². The maximum atomic E-state index is 13.2. The number of rotatable bonds is 7. The number of halogens is 1. The number of fused-ring (bicyclic) bond motifs is 1. The van der Waals surface area contributed by atoms with Crippen molar-refractivity contribution < 1.29 is 9.21 Å².